The van der Waals surface area contributed by atoms with Gasteiger partial charge in [-0.3, -0.25) is 0 Å². The van der Waals surface area contributed by atoms with Gasteiger partial charge in [0.15, 0.2) is 11.6 Å². The molecule has 0 fully saturated rings. The molecule has 2 nitrogen and oxygen atoms in total. The summed E-state index contributed by atoms with van der Waals surface area (Å²) in [5.74, 6) is 0.258. The molecule has 2 aromatic carbocycles. The minimum absolute atomic E-state index is 0.205. The molecule has 1 aliphatic rings. The number of fused-ring (bicyclic) bond motifs is 1. The molecule has 0 heterocycles. The summed E-state index contributed by atoms with van der Waals surface area (Å²) in [6.45, 7) is 0. The van der Waals surface area contributed by atoms with E-state index in [1.54, 1.807) is 6.07 Å². The smallest absolute Gasteiger partial charge is 0.165 e. The number of methoxy groups -OCH3 is 1. The van der Waals surface area contributed by atoms with Gasteiger partial charge in [0.05, 0.1) is 7.11 Å². The zero-order chi connectivity index (χ0) is 15.0. The Hall–Kier alpha value is -1.87. The highest BCUT2D eigenvalue weighted by molar-refractivity contribution is 5.48. The van der Waals surface area contributed by atoms with Crippen molar-refractivity contribution in [1.29, 1.82) is 0 Å². The van der Waals surface area contributed by atoms with Gasteiger partial charge in [-0.1, -0.05) is 30.3 Å². The molecular formula is C18H20FNO. The third kappa shape index (κ3) is 2.42. The van der Waals surface area contributed by atoms with Crippen molar-refractivity contribution < 1.29 is 9.13 Å². The van der Waals surface area contributed by atoms with E-state index in [-0.39, 0.29) is 11.7 Å². The summed E-state index contributed by atoms with van der Waals surface area (Å²) in [6.07, 6.45) is 0.915. The number of ether oxygens (including phenoxy) is 1. The van der Waals surface area contributed by atoms with Crippen molar-refractivity contribution >= 4 is 0 Å². The molecule has 0 radical (unpaired) electrons. The standard InChI is InChI=1S/C18H20FNO/c1-20(2)16-9-13-10-17(21-3)15(19)11-14(13)18(16)12-7-5-4-6-8-12/h4-8,10-11,16,18H,9H2,1-3H3/t16-,18-/m1/s1. The van der Waals surface area contributed by atoms with E-state index >= 15 is 0 Å². The molecule has 0 aliphatic heterocycles. The molecule has 0 spiro atoms. The highest BCUT2D eigenvalue weighted by atomic mass is 19.1. The molecule has 3 rings (SSSR count). The fraction of sp³-hybridized carbons (Fsp3) is 0.333. The lowest BCUT2D eigenvalue weighted by atomic mass is 9.89. The van der Waals surface area contributed by atoms with Crippen LogP contribution in [0, 0.1) is 5.82 Å². The van der Waals surface area contributed by atoms with Crippen LogP contribution in [0.25, 0.3) is 0 Å². The first-order valence-corrected chi connectivity index (χ1v) is 7.19. The van der Waals surface area contributed by atoms with Crippen LogP contribution in [0.1, 0.15) is 22.6 Å². The Bertz CT molecular complexity index is 639. The molecule has 0 unspecified atom stereocenters. The average Bonchev–Trinajstić information content (AvgIpc) is 2.85. The van der Waals surface area contributed by atoms with Gasteiger partial charge in [-0.2, -0.15) is 0 Å². The van der Waals surface area contributed by atoms with E-state index in [2.05, 4.69) is 31.1 Å². The molecule has 21 heavy (non-hydrogen) atoms. The maximum Gasteiger partial charge on any atom is 0.165 e. The van der Waals surface area contributed by atoms with Gasteiger partial charge in [0.1, 0.15) is 0 Å². The first-order valence-electron chi connectivity index (χ1n) is 7.19. The molecule has 0 saturated carbocycles. The minimum Gasteiger partial charge on any atom is -0.494 e. The molecule has 110 valence electrons. The molecule has 2 atom stereocenters. The molecule has 3 heteroatoms. The van der Waals surface area contributed by atoms with Gasteiger partial charge in [-0.05, 0) is 49.3 Å². The lowest BCUT2D eigenvalue weighted by Gasteiger charge is -2.27. The quantitative estimate of drug-likeness (QED) is 0.856. The second kappa shape index (κ2) is 5.49. The molecule has 1 aliphatic carbocycles. The van der Waals surface area contributed by atoms with Gasteiger partial charge in [0, 0.05) is 12.0 Å². The predicted octanol–water partition coefficient (Wildman–Crippen LogP) is 3.45. The Morgan fingerprint density at radius 1 is 1.14 bits per heavy atom. The van der Waals surface area contributed by atoms with E-state index in [9.17, 15) is 4.39 Å². The van der Waals surface area contributed by atoms with Gasteiger partial charge >= 0.3 is 0 Å². The Kier molecular flexibility index (Phi) is 3.68. The Balaban J connectivity index is 2.12. The molecule has 0 aromatic heterocycles. The summed E-state index contributed by atoms with van der Waals surface area (Å²) >= 11 is 0. The highest BCUT2D eigenvalue weighted by Gasteiger charge is 2.35. The summed E-state index contributed by atoms with van der Waals surface area (Å²) in [5.41, 5.74) is 3.50. The Morgan fingerprint density at radius 2 is 1.86 bits per heavy atom. The van der Waals surface area contributed by atoms with Crippen molar-refractivity contribution in [1.82, 2.24) is 4.90 Å². The zero-order valence-corrected chi connectivity index (χ0v) is 12.6. The van der Waals surface area contributed by atoms with Crippen molar-refractivity contribution in [2.45, 2.75) is 18.4 Å². The first-order chi connectivity index (χ1) is 10.1. The van der Waals surface area contributed by atoms with Crippen molar-refractivity contribution in [2.75, 3.05) is 21.2 Å². The van der Waals surface area contributed by atoms with Crippen LogP contribution in [0.2, 0.25) is 0 Å². The van der Waals surface area contributed by atoms with Gasteiger partial charge in [0.25, 0.3) is 0 Å². The number of benzene rings is 2. The van der Waals surface area contributed by atoms with E-state index < -0.39 is 0 Å². The van der Waals surface area contributed by atoms with Crippen molar-refractivity contribution in [3.63, 3.8) is 0 Å². The predicted molar refractivity (Wildman–Crippen MR) is 82.4 cm³/mol. The fourth-order valence-corrected chi connectivity index (χ4v) is 3.33. The largest absolute Gasteiger partial charge is 0.494 e. The van der Waals surface area contributed by atoms with Gasteiger partial charge < -0.3 is 9.64 Å². The number of hydrogen-bond acceptors (Lipinski definition) is 2. The Morgan fingerprint density at radius 3 is 2.48 bits per heavy atom. The monoisotopic (exact) mass is 285 g/mol. The molecule has 0 bridgehead atoms. The second-order valence-corrected chi connectivity index (χ2v) is 5.81. The topological polar surface area (TPSA) is 12.5 Å². The molecule has 0 saturated heterocycles. The van der Waals surface area contributed by atoms with Crippen LogP contribution in [0.3, 0.4) is 0 Å². The number of halogens is 1. The summed E-state index contributed by atoms with van der Waals surface area (Å²) < 4.78 is 19.2. The molecule has 0 N–H and O–H groups in total. The van der Waals surface area contributed by atoms with Gasteiger partial charge in [0.2, 0.25) is 0 Å². The second-order valence-electron chi connectivity index (χ2n) is 5.81. The maximum atomic E-state index is 14.1. The zero-order valence-electron chi connectivity index (χ0n) is 12.6. The number of rotatable bonds is 3. The summed E-state index contributed by atoms with van der Waals surface area (Å²) in [5, 5.41) is 0. The van der Waals surface area contributed by atoms with E-state index in [4.69, 9.17) is 4.74 Å². The van der Waals surface area contributed by atoms with Crippen LogP contribution < -0.4 is 4.74 Å². The van der Waals surface area contributed by atoms with Crippen molar-refractivity contribution in [2.24, 2.45) is 0 Å². The number of likely N-dealkylation sites (N-methyl/N-ethyl adjacent to an activating group) is 1. The molecular weight excluding hydrogens is 265 g/mol. The van der Waals surface area contributed by atoms with E-state index in [1.807, 2.05) is 24.3 Å². The van der Waals surface area contributed by atoms with Gasteiger partial charge in [-0.25, -0.2) is 4.39 Å². The average molecular weight is 285 g/mol. The third-order valence-electron chi connectivity index (χ3n) is 4.38. The van der Waals surface area contributed by atoms with E-state index in [1.165, 1.54) is 18.2 Å². The van der Waals surface area contributed by atoms with Crippen LogP contribution in [-0.4, -0.2) is 32.1 Å². The first kappa shape index (κ1) is 14.1. The summed E-state index contributed by atoms with van der Waals surface area (Å²) in [6, 6.07) is 14.2. The van der Waals surface area contributed by atoms with Crippen LogP contribution in [0.5, 0.6) is 5.75 Å². The van der Waals surface area contributed by atoms with Crippen LogP contribution in [-0.2, 0) is 6.42 Å². The van der Waals surface area contributed by atoms with E-state index in [0.717, 1.165) is 12.0 Å². The lowest BCUT2D eigenvalue weighted by molar-refractivity contribution is 0.283. The minimum atomic E-state index is -0.281. The van der Waals surface area contributed by atoms with Crippen LogP contribution in [0.15, 0.2) is 42.5 Å². The van der Waals surface area contributed by atoms with Gasteiger partial charge in [-0.15, -0.1) is 0 Å². The summed E-state index contributed by atoms with van der Waals surface area (Å²) in [4.78, 5) is 2.22. The third-order valence-corrected chi connectivity index (χ3v) is 4.38. The molecule has 2 aromatic rings. The number of hydrogen-bond donors (Lipinski definition) is 0. The SMILES string of the molecule is COc1cc2c(cc1F)[C@@H](c1ccccc1)[C@H](N(C)C)C2. The van der Waals surface area contributed by atoms with Crippen LogP contribution in [0.4, 0.5) is 4.39 Å². The summed E-state index contributed by atoms with van der Waals surface area (Å²) in [7, 11) is 5.68. The van der Waals surface area contributed by atoms with Crippen LogP contribution >= 0.6 is 0 Å². The van der Waals surface area contributed by atoms with E-state index in [0.29, 0.717) is 11.8 Å². The van der Waals surface area contributed by atoms with Crippen molar-refractivity contribution in [3.8, 4) is 5.75 Å². The number of nitrogens with zero attached hydrogens (tertiary/aromatic N) is 1. The maximum absolute atomic E-state index is 14.1. The normalized spacial score (nSPS) is 20.6. The lowest BCUT2D eigenvalue weighted by Crippen LogP contribution is -2.32. The highest BCUT2D eigenvalue weighted by Crippen LogP contribution is 2.42. The molecule has 0 amide bonds. The fourth-order valence-electron chi connectivity index (χ4n) is 3.33. The van der Waals surface area contributed by atoms with Crippen molar-refractivity contribution in [3.05, 3.63) is 65.0 Å². The Labute approximate surface area is 125 Å².